The monoisotopic (exact) mass is 255 g/mol. The van der Waals surface area contributed by atoms with Crippen LogP contribution in [0, 0.1) is 11.3 Å². The number of hydrogen-bond donors (Lipinski definition) is 2. The number of piperidine rings is 1. The Morgan fingerprint density at radius 2 is 2.18 bits per heavy atom. The van der Waals surface area contributed by atoms with Crippen molar-refractivity contribution >= 4 is 23.1 Å². The van der Waals surface area contributed by atoms with E-state index in [2.05, 4.69) is 24.2 Å². The molecule has 2 rings (SSSR count). The summed E-state index contributed by atoms with van der Waals surface area (Å²) in [5.74, 6) is 0.534. The molecular formula is C12H21N3OS. The molecule has 2 fully saturated rings. The summed E-state index contributed by atoms with van der Waals surface area (Å²) in [7, 11) is 2.12. The molecule has 0 aromatic heterocycles. The van der Waals surface area contributed by atoms with Crippen LogP contribution in [-0.4, -0.2) is 42.0 Å². The zero-order valence-corrected chi connectivity index (χ0v) is 11.3. The fourth-order valence-corrected chi connectivity index (χ4v) is 2.88. The van der Waals surface area contributed by atoms with Crippen LogP contribution in [-0.2, 0) is 4.79 Å². The highest BCUT2D eigenvalue weighted by molar-refractivity contribution is 7.80. The lowest BCUT2D eigenvalue weighted by atomic mass is 9.93. The molecule has 3 N–H and O–H groups in total. The van der Waals surface area contributed by atoms with Gasteiger partial charge in [0.25, 0.3) is 0 Å². The van der Waals surface area contributed by atoms with Crippen LogP contribution in [0.25, 0.3) is 0 Å². The summed E-state index contributed by atoms with van der Waals surface area (Å²) in [4.78, 5) is 14.8. The second-order valence-electron chi connectivity index (χ2n) is 5.55. The van der Waals surface area contributed by atoms with Gasteiger partial charge in [-0.3, -0.25) is 4.79 Å². The summed E-state index contributed by atoms with van der Waals surface area (Å²) in [6, 6.07) is 0.269. The predicted octanol–water partition coefficient (Wildman–Crippen LogP) is 0.509. The van der Waals surface area contributed by atoms with Crippen LogP contribution in [0.3, 0.4) is 0 Å². The van der Waals surface area contributed by atoms with E-state index >= 15 is 0 Å². The first-order valence-electron chi connectivity index (χ1n) is 6.25. The lowest BCUT2D eigenvalue weighted by Crippen LogP contribution is -2.52. The molecule has 1 amide bonds. The second-order valence-corrected chi connectivity index (χ2v) is 5.99. The van der Waals surface area contributed by atoms with Gasteiger partial charge < -0.3 is 16.0 Å². The summed E-state index contributed by atoms with van der Waals surface area (Å²) >= 11 is 4.99. The highest BCUT2D eigenvalue weighted by atomic mass is 32.1. The van der Waals surface area contributed by atoms with Gasteiger partial charge in [-0.1, -0.05) is 19.1 Å². The minimum absolute atomic E-state index is 0.0476. The molecule has 0 aromatic carbocycles. The topological polar surface area (TPSA) is 58.4 Å². The SMILES string of the molecule is CC1CN(C)CCC1NC(=O)C1(C(N)=S)CC1. The van der Waals surface area contributed by atoms with E-state index in [1.54, 1.807) is 0 Å². The van der Waals surface area contributed by atoms with Crippen LogP contribution in [0.15, 0.2) is 0 Å². The van der Waals surface area contributed by atoms with E-state index in [9.17, 15) is 4.79 Å². The summed E-state index contributed by atoms with van der Waals surface area (Å²) in [5.41, 5.74) is 5.14. The molecule has 4 nitrogen and oxygen atoms in total. The van der Waals surface area contributed by atoms with Crippen molar-refractivity contribution in [2.24, 2.45) is 17.1 Å². The largest absolute Gasteiger partial charge is 0.392 e. The number of rotatable bonds is 3. The van der Waals surface area contributed by atoms with Gasteiger partial charge in [0, 0.05) is 12.6 Å². The van der Waals surface area contributed by atoms with Crippen molar-refractivity contribution in [3.8, 4) is 0 Å². The van der Waals surface area contributed by atoms with Crippen LogP contribution in [0.5, 0.6) is 0 Å². The predicted molar refractivity (Wildman–Crippen MR) is 71.7 cm³/mol. The molecule has 0 bridgehead atoms. The minimum atomic E-state index is -0.515. The normalized spacial score (nSPS) is 31.9. The third-order valence-electron chi connectivity index (χ3n) is 4.08. The van der Waals surface area contributed by atoms with E-state index in [4.69, 9.17) is 18.0 Å². The van der Waals surface area contributed by atoms with Gasteiger partial charge in [0.05, 0.1) is 10.4 Å². The van der Waals surface area contributed by atoms with Gasteiger partial charge in [-0.25, -0.2) is 0 Å². The van der Waals surface area contributed by atoms with Gasteiger partial charge in [0.1, 0.15) is 0 Å². The first kappa shape index (κ1) is 12.8. The van der Waals surface area contributed by atoms with E-state index in [0.29, 0.717) is 10.9 Å². The summed E-state index contributed by atoms with van der Waals surface area (Å²) in [5, 5.41) is 3.14. The van der Waals surface area contributed by atoms with Gasteiger partial charge in [0.15, 0.2) is 0 Å². The zero-order chi connectivity index (χ0) is 12.6. The van der Waals surface area contributed by atoms with Gasteiger partial charge in [0.2, 0.25) is 5.91 Å². The lowest BCUT2D eigenvalue weighted by Gasteiger charge is -2.35. The van der Waals surface area contributed by atoms with E-state index in [1.165, 1.54) is 0 Å². The molecule has 1 saturated carbocycles. The van der Waals surface area contributed by atoms with Gasteiger partial charge in [-0.15, -0.1) is 0 Å². The average molecular weight is 255 g/mol. The molecule has 96 valence electrons. The van der Waals surface area contributed by atoms with E-state index < -0.39 is 5.41 Å². The molecule has 2 atom stereocenters. The maximum absolute atomic E-state index is 12.2. The summed E-state index contributed by atoms with van der Waals surface area (Å²) in [6.07, 6.45) is 2.64. The maximum atomic E-state index is 12.2. The van der Waals surface area contributed by atoms with Crippen LogP contribution < -0.4 is 11.1 Å². The number of carbonyl (C=O) groups excluding carboxylic acids is 1. The van der Waals surface area contributed by atoms with Gasteiger partial charge >= 0.3 is 0 Å². The molecule has 1 heterocycles. The van der Waals surface area contributed by atoms with E-state index in [-0.39, 0.29) is 11.9 Å². The average Bonchev–Trinajstić information content (AvgIpc) is 3.02. The molecule has 0 spiro atoms. The number of thiocarbonyl (C=S) groups is 1. The van der Waals surface area contributed by atoms with Gasteiger partial charge in [-0.05, 0) is 38.8 Å². The van der Waals surface area contributed by atoms with Crippen molar-refractivity contribution in [2.45, 2.75) is 32.2 Å². The highest BCUT2D eigenvalue weighted by Gasteiger charge is 2.53. The number of nitrogens with one attached hydrogen (secondary N) is 1. The maximum Gasteiger partial charge on any atom is 0.233 e. The molecule has 5 heteroatoms. The van der Waals surface area contributed by atoms with E-state index in [1.807, 2.05) is 0 Å². The van der Waals surface area contributed by atoms with Gasteiger partial charge in [-0.2, -0.15) is 0 Å². The van der Waals surface area contributed by atoms with Crippen LogP contribution in [0.4, 0.5) is 0 Å². The number of amides is 1. The molecule has 0 aromatic rings. The molecule has 1 aliphatic carbocycles. The zero-order valence-electron chi connectivity index (χ0n) is 10.5. The third-order valence-corrected chi connectivity index (χ3v) is 4.47. The molecular weight excluding hydrogens is 234 g/mol. The van der Waals surface area contributed by atoms with Crippen LogP contribution in [0.1, 0.15) is 26.2 Å². The summed E-state index contributed by atoms with van der Waals surface area (Å²) < 4.78 is 0. The number of likely N-dealkylation sites (tertiary alicyclic amines) is 1. The smallest absolute Gasteiger partial charge is 0.233 e. The Hall–Kier alpha value is -0.680. The fraction of sp³-hybridized carbons (Fsp3) is 0.833. The number of carbonyl (C=O) groups is 1. The highest BCUT2D eigenvalue weighted by Crippen LogP contribution is 2.46. The Morgan fingerprint density at radius 1 is 1.53 bits per heavy atom. The molecule has 2 aliphatic rings. The summed E-state index contributed by atoms with van der Waals surface area (Å²) in [6.45, 7) is 4.25. The van der Waals surface area contributed by atoms with Crippen molar-refractivity contribution < 1.29 is 4.79 Å². The molecule has 1 aliphatic heterocycles. The quantitative estimate of drug-likeness (QED) is 0.722. The van der Waals surface area contributed by atoms with Crippen LogP contribution >= 0.6 is 12.2 Å². The second kappa shape index (κ2) is 4.53. The van der Waals surface area contributed by atoms with Crippen molar-refractivity contribution in [3.05, 3.63) is 0 Å². The number of hydrogen-bond acceptors (Lipinski definition) is 3. The first-order chi connectivity index (χ1) is 7.95. The lowest BCUT2D eigenvalue weighted by molar-refractivity contribution is -0.125. The Kier molecular flexibility index (Phi) is 3.41. The fourth-order valence-electron chi connectivity index (χ4n) is 2.59. The molecule has 0 radical (unpaired) electrons. The molecule has 2 unspecified atom stereocenters. The Balaban J connectivity index is 1.93. The van der Waals surface area contributed by atoms with Crippen molar-refractivity contribution in [1.82, 2.24) is 10.2 Å². The van der Waals surface area contributed by atoms with Crippen molar-refractivity contribution in [1.29, 1.82) is 0 Å². The number of nitrogens with two attached hydrogens (primary N) is 1. The minimum Gasteiger partial charge on any atom is -0.392 e. The van der Waals surface area contributed by atoms with E-state index in [0.717, 1.165) is 32.4 Å². The standard InChI is InChI=1S/C12H21N3OS/c1-8-7-15(2)6-3-9(8)14-11(16)12(4-5-12)10(13)17/h8-9H,3-7H2,1-2H3,(H2,13,17)(H,14,16). The van der Waals surface area contributed by atoms with Crippen molar-refractivity contribution in [2.75, 3.05) is 20.1 Å². The first-order valence-corrected chi connectivity index (χ1v) is 6.66. The molecule has 1 saturated heterocycles. The Bertz CT molecular complexity index is 341. The third kappa shape index (κ3) is 2.45. The van der Waals surface area contributed by atoms with Crippen LogP contribution in [0.2, 0.25) is 0 Å². The molecule has 17 heavy (non-hydrogen) atoms. The Labute approximate surface area is 108 Å². The Morgan fingerprint density at radius 3 is 2.65 bits per heavy atom. The number of nitrogens with zero attached hydrogens (tertiary/aromatic N) is 1. The van der Waals surface area contributed by atoms with Crippen molar-refractivity contribution in [3.63, 3.8) is 0 Å².